The summed E-state index contributed by atoms with van der Waals surface area (Å²) in [5, 5.41) is 2.85. The maximum atomic E-state index is 11.8. The van der Waals surface area contributed by atoms with Crippen molar-refractivity contribution in [1.29, 1.82) is 0 Å². The molecule has 0 saturated carbocycles. The number of ether oxygens (including phenoxy) is 1. The molecule has 0 fully saturated rings. The van der Waals surface area contributed by atoms with Gasteiger partial charge in [0.25, 0.3) is 5.91 Å². The lowest BCUT2D eigenvalue weighted by Gasteiger charge is -2.13. The van der Waals surface area contributed by atoms with Crippen LogP contribution in [0.3, 0.4) is 0 Å². The zero-order valence-corrected chi connectivity index (χ0v) is 9.56. The zero-order chi connectivity index (χ0) is 12.0. The van der Waals surface area contributed by atoms with Gasteiger partial charge in [-0.25, -0.2) is 0 Å². The summed E-state index contributed by atoms with van der Waals surface area (Å²) in [5.41, 5.74) is 5.90. The van der Waals surface area contributed by atoms with E-state index in [0.29, 0.717) is 17.9 Å². The molecular formula is C11H17N3O2. The summed E-state index contributed by atoms with van der Waals surface area (Å²) in [6.45, 7) is 2.47. The average molecular weight is 223 g/mol. The van der Waals surface area contributed by atoms with Crippen molar-refractivity contribution in [1.82, 2.24) is 10.3 Å². The summed E-state index contributed by atoms with van der Waals surface area (Å²) in [5.74, 6) is 0.306. The van der Waals surface area contributed by atoms with Crippen LogP contribution < -0.4 is 15.8 Å². The van der Waals surface area contributed by atoms with Gasteiger partial charge in [-0.1, -0.05) is 0 Å². The highest BCUT2D eigenvalue weighted by Gasteiger charge is 2.13. The lowest BCUT2D eigenvalue weighted by molar-refractivity contribution is 0.0935. The molecule has 0 spiro atoms. The number of carbonyl (C=O) groups is 1. The smallest absolute Gasteiger partial charge is 0.255 e. The van der Waals surface area contributed by atoms with Crippen LogP contribution in [0.4, 0.5) is 0 Å². The topological polar surface area (TPSA) is 77.2 Å². The van der Waals surface area contributed by atoms with Crippen LogP contribution in [0.2, 0.25) is 0 Å². The zero-order valence-electron chi connectivity index (χ0n) is 9.56. The fourth-order valence-corrected chi connectivity index (χ4v) is 1.35. The number of hydrogen-bond acceptors (Lipinski definition) is 4. The minimum absolute atomic E-state index is 0.0513. The molecule has 0 aliphatic heterocycles. The van der Waals surface area contributed by atoms with Crippen molar-refractivity contribution in [2.45, 2.75) is 19.4 Å². The molecular weight excluding hydrogens is 206 g/mol. The molecule has 16 heavy (non-hydrogen) atoms. The number of nitrogens with zero attached hydrogens (tertiary/aromatic N) is 1. The first-order valence-corrected chi connectivity index (χ1v) is 5.18. The molecule has 88 valence electrons. The molecule has 1 atom stereocenters. The minimum Gasteiger partial charge on any atom is -0.494 e. The highest BCUT2D eigenvalue weighted by atomic mass is 16.5. The highest BCUT2D eigenvalue weighted by molar-refractivity contribution is 5.96. The van der Waals surface area contributed by atoms with E-state index in [9.17, 15) is 4.79 Å². The average Bonchev–Trinajstić information content (AvgIpc) is 2.29. The molecule has 0 bridgehead atoms. The highest BCUT2D eigenvalue weighted by Crippen LogP contribution is 2.15. The Hall–Kier alpha value is -1.62. The van der Waals surface area contributed by atoms with Gasteiger partial charge in [0.15, 0.2) is 0 Å². The van der Waals surface area contributed by atoms with E-state index in [0.717, 1.165) is 6.42 Å². The number of carbonyl (C=O) groups excluding carboxylic acids is 1. The van der Waals surface area contributed by atoms with Crippen molar-refractivity contribution in [2.75, 3.05) is 13.7 Å². The van der Waals surface area contributed by atoms with Crippen LogP contribution in [0.1, 0.15) is 23.7 Å². The normalized spacial score (nSPS) is 11.9. The van der Waals surface area contributed by atoms with Crippen molar-refractivity contribution in [3.63, 3.8) is 0 Å². The van der Waals surface area contributed by atoms with Crippen LogP contribution in [0.15, 0.2) is 18.5 Å². The van der Waals surface area contributed by atoms with Crippen LogP contribution in [0.25, 0.3) is 0 Å². The first-order chi connectivity index (χ1) is 7.69. The summed E-state index contributed by atoms with van der Waals surface area (Å²) >= 11 is 0. The summed E-state index contributed by atoms with van der Waals surface area (Å²) < 4.78 is 5.06. The van der Waals surface area contributed by atoms with Gasteiger partial charge in [-0.3, -0.25) is 9.78 Å². The quantitative estimate of drug-likeness (QED) is 0.764. The number of methoxy groups -OCH3 is 1. The lowest BCUT2D eigenvalue weighted by Crippen LogP contribution is -2.34. The Morgan fingerprint density at radius 1 is 1.69 bits per heavy atom. The van der Waals surface area contributed by atoms with Crippen LogP contribution in [0.5, 0.6) is 5.75 Å². The monoisotopic (exact) mass is 223 g/mol. The van der Waals surface area contributed by atoms with Crippen LogP contribution in [-0.4, -0.2) is 30.6 Å². The van der Waals surface area contributed by atoms with Gasteiger partial charge in [0.05, 0.1) is 18.9 Å². The van der Waals surface area contributed by atoms with E-state index in [4.69, 9.17) is 10.5 Å². The van der Waals surface area contributed by atoms with Crippen molar-refractivity contribution >= 4 is 5.91 Å². The summed E-state index contributed by atoms with van der Waals surface area (Å²) in [4.78, 5) is 15.7. The summed E-state index contributed by atoms with van der Waals surface area (Å²) in [7, 11) is 1.51. The molecule has 0 radical (unpaired) electrons. The molecule has 5 heteroatoms. The van der Waals surface area contributed by atoms with E-state index in [1.54, 1.807) is 12.3 Å². The number of nitrogens with one attached hydrogen (secondary N) is 1. The van der Waals surface area contributed by atoms with Crippen LogP contribution in [0, 0.1) is 0 Å². The van der Waals surface area contributed by atoms with Crippen molar-refractivity contribution < 1.29 is 9.53 Å². The molecule has 1 aromatic rings. The summed E-state index contributed by atoms with van der Waals surface area (Å²) in [6, 6.07) is 1.68. The Kier molecular flexibility index (Phi) is 4.72. The second kappa shape index (κ2) is 6.07. The fraction of sp³-hybridized carbons (Fsp3) is 0.455. The Balaban J connectivity index is 2.72. The third-order valence-corrected chi connectivity index (χ3v) is 2.23. The molecule has 1 aromatic heterocycles. The largest absolute Gasteiger partial charge is 0.494 e. The van der Waals surface area contributed by atoms with Gasteiger partial charge in [-0.2, -0.15) is 0 Å². The van der Waals surface area contributed by atoms with E-state index < -0.39 is 0 Å². The SMILES string of the molecule is COc1cnccc1C(=O)NC(C)CCN. The molecule has 5 nitrogen and oxygen atoms in total. The molecule has 1 heterocycles. The molecule has 0 aromatic carbocycles. The van der Waals surface area contributed by atoms with Gasteiger partial charge in [0.2, 0.25) is 0 Å². The number of pyridine rings is 1. The van der Waals surface area contributed by atoms with E-state index in [2.05, 4.69) is 10.3 Å². The van der Waals surface area contributed by atoms with Gasteiger partial charge < -0.3 is 15.8 Å². The molecule has 1 rings (SSSR count). The van der Waals surface area contributed by atoms with E-state index in [-0.39, 0.29) is 11.9 Å². The number of rotatable bonds is 5. The third-order valence-electron chi connectivity index (χ3n) is 2.23. The Labute approximate surface area is 95.0 Å². The second-order valence-corrected chi connectivity index (χ2v) is 3.53. The van der Waals surface area contributed by atoms with Gasteiger partial charge in [-0.15, -0.1) is 0 Å². The number of aromatic nitrogens is 1. The summed E-state index contributed by atoms with van der Waals surface area (Å²) in [6.07, 6.45) is 3.83. The van der Waals surface area contributed by atoms with Gasteiger partial charge >= 0.3 is 0 Å². The second-order valence-electron chi connectivity index (χ2n) is 3.53. The number of nitrogens with two attached hydrogens (primary N) is 1. The minimum atomic E-state index is -0.166. The molecule has 3 N–H and O–H groups in total. The predicted octanol–water partition coefficient (Wildman–Crippen LogP) is 0.557. The molecule has 1 amide bonds. The maximum absolute atomic E-state index is 11.8. The number of hydrogen-bond donors (Lipinski definition) is 2. The third kappa shape index (κ3) is 3.20. The van der Waals surface area contributed by atoms with Crippen LogP contribution in [-0.2, 0) is 0 Å². The molecule has 0 saturated heterocycles. The van der Waals surface area contributed by atoms with Crippen molar-refractivity contribution in [3.05, 3.63) is 24.0 Å². The van der Waals surface area contributed by atoms with Gasteiger partial charge in [-0.05, 0) is 26.0 Å². The lowest BCUT2D eigenvalue weighted by atomic mass is 10.2. The Morgan fingerprint density at radius 2 is 2.44 bits per heavy atom. The maximum Gasteiger partial charge on any atom is 0.255 e. The van der Waals surface area contributed by atoms with E-state index >= 15 is 0 Å². The predicted molar refractivity (Wildman–Crippen MR) is 61.4 cm³/mol. The van der Waals surface area contributed by atoms with Gasteiger partial charge in [0.1, 0.15) is 5.75 Å². The standard InChI is InChI=1S/C11H17N3O2/c1-8(3-5-12)14-11(15)9-4-6-13-7-10(9)16-2/h4,6-8H,3,5,12H2,1-2H3,(H,14,15). The number of amides is 1. The molecule has 1 unspecified atom stereocenters. The molecule has 0 aliphatic rings. The Morgan fingerprint density at radius 3 is 3.06 bits per heavy atom. The Bertz CT molecular complexity index is 355. The van der Waals surface area contributed by atoms with E-state index in [1.807, 2.05) is 6.92 Å². The first-order valence-electron chi connectivity index (χ1n) is 5.18. The van der Waals surface area contributed by atoms with Crippen molar-refractivity contribution in [3.8, 4) is 5.75 Å². The molecule has 0 aliphatic carbocycles. The van der Waals surface area contributed by atoms with E-state index in [1.165, 1.54) is 13.3 Å². The van der Waals surface area contributed by atoms with Gasteiger partial charge in [0, 0.05) is 12.2 Å². The van der Waals surface area contributed by atoms with Crippen molar-refractivity contribution in [2.24, 2.45) is 5.73 Å². The fourth-order valence-electron chi connectivity index (χ4n) is 1.35. The van der Waals surface area contributed by atoms with Crippen LogP contribution >= 0.6 is 0 Å². The first kappa shape index (κ1) is 12.4.